The van der Waals surface area contributed by atoms with Gasteiger partial charge in [-0.1, -0.05) is 0 Å². The lowest BCUT2D eigenvalue weighted by Gasteiger charge is -2.27. The van der Waals surface area contributed by atoms with Gasteiger partial charge in [0.1, 0.15) is 0 Å². The second-order valence-corrected chi connectivity index (χ2v) is 6.88. The number of non-ortho nitro benzene ring substituents is 1. The molecule has 1 fully saturated rings. The van der Waals surface area contributed by atoms with Crippen LogP contribution in [0, 0.1) is 10.1 Å². The Morgan fingerprint density at radius 1 is 1.07 bits per heavy atom. The van der Waals surface area contributed by atoms with Crippen LogP contribution in [0.3, 0.4) is 0 Å². The van der Waals surface area contributed by atoms with Gasteiger partial charge in [-0.3, -0.25) is 29.5 Å². The van der Waals surface area contributed by atoms with Crippen molar-refractivity contribution in [2.24, 2.45) is 0 Å². The molecule has 2 heterocycles. The van der Waals surface area contributed by atoms with Crippen LogP contribution in [0.4, 0.5) is 10.5 Å². The number of hydrogen-bond donors (Lipinski definition) is 3. The summed E-state index contributed by atoms with van der Waals surface area (Å²) in [5, 5.41) is 19.6. The molecule has 3 N–H and O–H groups in total. The lowest BCUT2D eigenvalue weighted by molar-refractivity contribution is -0.384. The summed E-state index contributed by atoms with van der Waals surface area (Å²) in [4.78, 5) is 50.1. The fourth-order valence-electron chi connectivity index (χ4n) is 3.36. The largest absolute Gasteiger partial charge is 0.338 e. The molecule has 11 nitrogen and oxygen atoms in total. The zero-order valence-corrected chi connectivity index (χ0v) is 16.0. The molecule has 2 aliphatic rings. The molecule has 4 amide bonds. The van der Waals surface area contributed by atoms with Crippen LogP contribution in [-0.2, 0) is 0 Å². The summed E-state index contributed by atoms with van der Waals surface area (Å²) in [6.45, 7) is 5.60. The van der Waals surface area contributed by atoms with Gasteiger partial charge in [-0.2, -0.15) is 0 Å². The molecule has 0 atom stereocenters. The van der Waals surface area contributed by atoms with Crippen LogP contribution in [0.5, 0.6) is 0 Å². The van der Waals surface area contributed by atoms with Crippen molar-refractivity contribution >= 4 is 23.5 Å². The lowest BCUT2D eigenvalue weighted by Crippen LogP contribution is -2.47. The van der Waals surface area contributed by atoms with Crippen molar-refractivity contribution in [2.75, 3.05) is 52.4 Å². The van der Waals surface area contributed by atoms with Crippen LogP contribution in [0.25, 0.3) is 0 Å². The minimum atomic E-state index is -0.606. The minimum Gasteiger partial charge on any atom is -0.338 e. The summed E-state index contributed by atoms with van der Waals surface area (Å²) in [6.07, 6.45) is 0.388. The molecular formula is C18H24N6O5. The SMILES string of the molecule is O=C(NCCCN1C(=O)c2ccc([N+](=O)[O-])cc2C1=O)NCCN1CCNCC1. The van der Waals surface area contributed by atoms with Crippen molar-refractivity contribution in [1.82, 2.24) is 25.8 Å². The van der Waals surface area contributed by atoms with Gasteiger partial charge in [-0.15, -0.1) is 0 Å². The molecule has 0 bridgehead atoms. The number of nitrogens with zero attached hydrogens (tertiary/aromatic N) is 3. The fourth-order valence-corrected chi connectivity index (χ4v) is 3.36. The van der Waals surface area contributed by atoms with Crippen LogP contribution in [0.2, 0.25) is 0 Å². The number of nitrogens with one attached hydrogen (secondary N) is 3. The molecule has 0 aliphatic carbocycles. The number of urea groups is 1. The van der Waals surface area contributed by atoms with Crippen molar-refractivity contribution in [3.8, 4) is 0 Å². The van der Waals surface area contributed by atoms with Gasteiger partial charge in [-0.25, -0.2) is 4.79 Å². The third kappa shape index (κ3) is 5.06. The Morgan fingerprint density at radius 2 is 1.76 bits per heavy atom. The number of nitro benzene ring substituents is 1. The highest BCUT2D eigenvalue weighted by Gasteiger charge is 2.36. The van der Waals surface area contributed by atoms with Gasteiger partial charge >= 0.3 is 6.03 Å². The number of piperazine rings is 1. The topological polar surface area (TPSA) is 137 Å². The lowest BCUT2D eigenvalue weighted by atomic mass is 10.1. The molecule has 0 spiro atoms. The molecule has 156 valence electrons. The van der Waals surface area contributed by atoms with Crippen LogP contribution >= 0.6 is 0 Å². The monoisotopic (exact) mass is 404 g/mol. The van der Waals surface area contributed by atoms with Crippen molar-refractivity contribution in [3.05, 3.63) is 39.4 Å². The Labute approximate surface area is 167 Å². The number of amides is 4. The van der Waals surface area contributed by atoms with E-state index in [0.29, 0.717) is 19.5 Å². The van der Waals surface area contributed by atoms with E-state index in [2.05, 4.69) is 20.9 Å². The summed E-state index contributed by atoms with van der Waals surface area (Å²) < 4.78 is 0. The first-order chi connectivity index (χ1) is 14.0. The van der Waals surface area contributed by atoms with E-state index in [1.807, 2.05) is 0 Å². The zero-order chi connectivity index (χ0) is 20.8. The summed E-state index contributed by atoms with van der Waals surface area (Å²) in [6, 6.07) is 3.34. The van der Waals surface area contributed by atoms with Crippen molar-refractivity contribution in [3.63, 3.8) is 0 Å². The molecule has 1 aromatic carbocycles. The van der Waals surface area contributed by atoms with E-state index in [1.165, 1.54) is 12.1 Å². The van der Waals surface area contributed by atoms with Crippen LogP contribution in [0.15, 0.2) is 18.2 Å². The first-order valence-corrected chi connectivity index (χ1v) is 9.57. The summed E-state index contributed by atoms with van der Waals surface area (Å²) in [5.41, 5.74) is -0.0204. The van der Waals surface area contributed by atoms with Crippen LogP contribution in [-0.4, -0.2) is 84.9 Å². The van der Waals surface area contributed by atoms with E-state index in [4.69, 9.17) is 0 Å². The van der Waals surface area contributed by atoms with Gasteiger partial charge in [0.25, 0.3) is 17.5 Å². The molecule has 1 aromatic rings. The highest BCUT2D eigenvalue weighted by molar-refractivity contribution is 6.21. The van der Waals surface area contributed by atoms with Gasteiger partial charge < -0.3 is 16.0 Å². The summed E-state index contributed by atoms with van der Waals surface area (Å²) >= 11 is 0. The second kappa shape index (κ2) is 9.43. The number of nitro groups is 1. The smallest absolute Gasteiger partial charge is 0.314 e. The first-order valence-electron chi connectivity index (χ1n) is 9.57. The maximum absolute atomic E-state index is 12.4. The van der Waals surface area contributed by atoms with Crippen LogP contribution in [0.1, 0.15) is 27.1 Å². The van der Waals surface area contributed by atoms with Gasteiger partial charge in [0.05, 0.1) is 16.1 Å². The molecule has 1 saturated heterocycles. The predicted molar refractivity (Wildman–Crippen MR) is 104 cm³/mol. The number of carbonyl (C=O) groups is 3. The molecule has 0 radical (unpaired) electrons. The van der Waals surface area contributed by atoms with Crippen molar-refractivity contribution < 1.29 is 19.3 Å². The molecule has 2 aliphatic heterocycles. The van der Waals surface area contributed by atoms with E-state index in [-0.39, 0.29) is 29.4 Å². The van der Waals surface area contributed by atoms with E-state index in [0.717, 1.165) is 43.7 Å². The number of hydrogen-bond acceptors (Lipinski definition) is 7. The average molecular weight is 404 g/mol. The van der Waals surface area contributed by atoms with Gasteiger partial charge in [0.15, 0.2) is 0 Å². The van der Waals surface area contributed by atoms with Gasteiger partial charge in [0.2, 0.25) is 0 Å². The third-order valence-corrected chi connectivity index (χ3v) is 4.93. The molecule has 3 rings (SSSR count). The molecule has 0 unspecified atom stereocenters. The number of benzene rings is 1. The number of fused-ring (bicyclic) bond motifs is 1. The van der Waals surface area contributed by atoms with Crippen molar-refractivity contribution in [2.45, 2.75) is 6.42 Å². The Hall–Kier alpha value is -3.05. The van der Waals surface area contributed by atoms with E-state index in [9.17, 15) is 24.5 Å². The fraction of sp³-hybridized carbons (Fsp3) is 0.500. The molecule has 11 heteroatoms. The Kier molecular flexibility index (Phi) is 6.73. The van der Waals surface area contributed by atoms with Gasteiger partial charge in [0, 0.05) is 64.5 Å². The van der Waals surface area contributed by atoms with E-state index < -0.39 is 16.7 Å². The number of carbonyl (C=O) groups excluding carboxylic acids is 3. The number of rotatable bonds is 8. The third-order valence-electron chi connectivity index (χ3n) is 4.93. The predicted octanol–water partition coefficient (Wildman–Crippen LogP) is -0.215. The minimum absolute atomic E-state index is 0.0443. The average Bonchev–Trinajstić information content (AvgIpc) is 2.96. The highest BCUT2D eigenvalue weighted by atomic mass is 16.6. The maximum Gasteiger partial charge on any atom is 0.314 e. The summed E-state index contributed by atoms with van der Waals surface area (Å²) in [5.74, 6) is -1.02. The molecule has 0 aromatic heterocycles. The second-order valence-electron chi connectivity index (χ2n) is 6.88. The standard InChI is InChI=1S/C18H24N6O5/c25-16-14-3-2-13(24(28)29)12-15(14)17(26)23(16)8-1-4-20-18(27)21-7-11-22-9-5-19-6-10-22/h2-3,12,19H,1,4-11H2,(H2,20,21,27). The first kappa shape index (κ1) is 20.7. The Bertz CT molecular complexity index is 808. The number of imide groups is 1. The Balaban J connectivity index is 1.38. The quantitative estimate of drug-likeness (QED) is 0.236. The molecular weight excluding hydrogens is 380 g/mol. The Morgan fingerprint density at radius 3 is 2.48 bits per heavy atom. The maximum atomic E-state index is 12.4. The highest BCUT2D eigenvalue weighted by Crippen LogP contribution is 2.26. The van der Waals surface area contributed by atoms with Crippen molar-refractivity contribution in [1.29, 1.82) is 0 Å². The van der Waals surface area contributed by atoms with Gasteiger partial charge in [-0.05, 0) is 12.5 Å². The molecule has 29 heavy (non-hydrogen) atoms. The van der Waals surface area contributed by atoms with E-state index in [1.54, 1.807) is 0 Å². The zero-order valence-electron chi connectivity index (χ0n) is 16.0. The summed E-state index contributed by atoms with van der Waals surface area (Å²) in [7, 11) is 0. The van der Waals surface area contributed by atoms with E-state index >= 15 is 0 Å². The molecule has 0 saturated carbocycles. The normalized spacial score (nSPS) is 16.6. The van der Waals surface area contributed by atoms with Crippen LogP contribution < -0.4 is 16.0 Å².